The molecule has 0 bridgehead atoms. The van der Waals surface area contributed by atoms with Crippen molar-refractivity contribution in [3.63, 3.8) is 0 Å². The number of amides is 2. The minimum atomic E-state index is -0.224. The molecule has 1 aliphatic carbocycles. The van der Waals surface area contributed by atoms with Crippen LogP contribution in [0, 0.1) is 0 Å². The maximum absolute atomic E-state index is 12.2. The van der Waals surface area contributed by atoms with Crippen LogP contribution >= 0.6 is 0 Å². The zero-order valence-electron chi connectivity index (χ0n) is 14.3. The van der Waals surface area contributed by atoms with E-state index in [4.69, 9.17) is 0 Å². The lowest BCUT2D eigenvalue weighted by Gasteiger charge is -2.22. The van der Waals surface area contributed by atoms with Crippen molar-refractivity contribution in [2.24, 2.45) is 0 Å². The summed E-state index contributed by atoms with van der Waals surface area (Å²) in [6.07, 6.45) is 5.68. The Labute approximate surface area is 148 Å². The van der Waals surface area contributed by atoms with Crippen molar-refractivity contribution in [2.45, 2.75) is 38.1 Å². The molecule has 0 aliphatic heterocycles. The molecule has 0 aromatic heterocycles. The van der Waals surface area contributed by atoms with E-state index in [2.05, 4.69) is 10.6 Å². The number of nitrogens with one attached hydrogen (secondary N) is 2. The average Bonchev–Trinajstić information content (AvgIpc) is 2.68. The van der Waals surface area contributed by atoms with Gasteiger partial charge in [0, 0.05) is 11.6 Å². The highest BCUT2D eigenvalue weighted by atomic mass is 16.2. The Hall–Kier alpha value is -2.62. The van der Waals surface area contributed by atoms with Crippen LogP contribution in [0.4, 0.5) is 0 Å². The molecule has 0 radical (unpaired) electrons. The number of hydrogen-bond donors (Lipinski definition) is 2. The third-order valence-electron chi connectivity index (χ3n) is 4.63. The van der Waals surface area contributed by atoms with Gasteiger partial charge in [0.1, 0.15) is 0 Å². The lowest BCUT2D eigenvalue weighted by Crippen LogP contribution is -2.42. The normalized spacial score (nSPS) is 14.7. The molecule has 0 unspecified atom stereocenters. The zero-order valence-corrected chi connectivity index (χ0v) is 14.3. The molecule has 2 amide bonds. The van der Waals surface area contributed by atoms with Gasteiger partial charge in [-0.05, 0) is 36.1 Å². The lowest BCUT2D eigenvalue weighted by atomic mass is 9.95. The number of rotatable bonds is 5. The summed E-state index contributed by atoms with van der Waals surface area (Å²) in [7, 11) is 0. The highest BCUT2D eigenvalue weighted by molar-refractivity contribution is 5.96. The van der Waals surface area contributed by atoms with Gasteiger partial charge in [-0.15, -0.1) is 0 Å². The van der Waals surface area contributed by atoms with Gasteiger partial charge in [0.2, 0.25) is 5.91 Å². The maximum atomic E-state index is 12.2. The predicted octanol–water partition coefficient (Wildman–Crippen LogP) is 3.53. The van der Waals surface area contributed by atoms with Gasteiger partial charge in [-0.3, -0.25) is 9.59 Å². The van der Waals surface area contributed by atoms with E-state index in [1.807, 2.05) is 42.5 Å². The van der Waals surface area contributed by atoms with Gasteiger partial charge in [-0.25, -0.2) is 0 Å². The fourth-order valence-electron chi connectivity index (χ4n) is 3.23. The van der Waals surface area contributed by atoms with E-state index in [1.165, 1.54) is 19.3 Å². The van der Waals surface area contributed by atoms with E-state index in [9.17, 15) is 9.59 Å². The van der Waals surface area contributed by atoms with Crippen molar-refractivity contribution >= 4 is 11.8 Å². The summed E-state index contributed by atoms with van der Waals surface area (Å²) in [6.45, 7) is 0.0236. The van der Waals surface area contributed by atoms with E-state index in [1.54, 1.807) is 12.1 Å². The first kappa shape index (κ1) is 17.2. The van der Waals surface area contributed by atoms with Gasteiger partial charge >= 0.3 is 0 Å². The van der Waals surface area contributed by atoms with Gasteiger partial charge in [-0.1, -0.05) is 61.7 Å². The fourth-order valence-corrected chi connectivity index (χ4v) is 3.23. The molecule has 0 atom stereocenters. The molecule has 130 valence electrons. The number of hydrogen-bond acceptors (Lipinski definition) is 2. The molecule has 3 rings (SSSR count). The van der Waals surface area contributed by atoms with E-state index < -0.39 is 0 Å². The van der Waals surface area contributed by atoms with E-state index in [0.717, 1.165) is 24.0 Å². The van der Waals surface area contributed by atoms with Crippen LogP contribution in [0.2, 0.25) is 0 Å². The SMILES string of the molecule is O=C(CNC(=O)c1ccc(-c2ccccc2)cc1)NC1CCCCC1. The van der Waals surface area contributed by atoms with Crippen LogP contribution in [0.15, 0.2) is 54.6 Å². The minimum absolute atomic E-state index is 0.0236. The fraction of sp³-hybridized carbons (Fsp3) is 0.333. The third kappa shape index (κ3) is 4.92. The Kier molecular flexibility index (Phi) is 5.83. The molecule has 2 N–H and O–H groups in total. The van der Waals surface area contributed by atoms with Crippen LogP contribution in [0.25, 0.3) is 11.1 Å². The van der Waals surface area contributed by atoms with Crippen LogP contribution in [0.1, 0.15) is 42.5 Å². The standard InChI is InChI=1S/C21H24N2O2/c24-20(23-19-9-5-2-6-10-19)15-22-21(25)18-13-11-17(12-14-18)16-7-3-1-4-8-16/h1,3-4,7-8,11-14,19H,2,5-6,9-10,15H2,(H,22,25)(H,23,24). The summed E-state index contributed by atoms with van der Waals surface area (Å²) in [5, 5.41) is 5.70. The summed E-state index contributed by atoms with van der Waals surface area (Å²) in [5.41, 5.74) is 2.73. The van der Waals surface area contributed by atoms with Gasteiger partial charge < -0.3 is 10.6 Å². The first-order valence-corrected chi connectivity index (χ1v) is 8.95. The molecule has 0 spiro atoms. The largest absolute Gasteiger partial charge is 0.352 e. The van der Waals surface area contributed by atoms with E-state index in [-0.39, 0.29) is 24.4 Å². The van der Waals surface area contributed by atoms with Crippen LogP contribution in [-0.4, -0.2) is 24.4 Å². The average molecular weight is 336 g/mol. The summed E-state index contributed by atoms with van der Waals surface area (Å²) < 4.78 is 0. The molecule has 2 aromatic rings. The predicted molar refractivity (Wildman–Crippen MR) is 99.2 cm³/mol. The van der Waals surface area contributed by atoms with Gasteiger partial charge in [-0.2, -0.15) is 0 Å². The molecule has 1 saturated carbocycles. The first-order valence-electron chi connectivity index (χ1n) is 8.95. The molecule has 0 heterocycles. The Morgan fingerprint density at radius 2 is 1.48 bits per heavy atom. The molecule has 4 heteroatoms. The second kappa shape index (κ2) is 8.47. The summed E-state index contributed by atoms with van der Waals surface area (Å²) in [5.74, 6) is -0.334. The smallest absolute Gasteiger partial charge is 0.251 e. The highest BCUT2D eigenvalue weighted by Gasteiger charge is 2.16. The van der Waals surface area contributed by atoms with Crippen molar-refractivity contribution in [1.29, 1.82) is 0 Å². The Balaban J connectivity index is 1.50. The van der Waals surface area contributed by atoms with Crippen molar-refractivity contribution in [3.05, 3.63) is 60.2 Å². The van der Waals surface area contributed by atoms with Gasteiger partial charge in [0.15, 0.2) is 0 Å². The minimum Gasteiger partial charge on any atom is -0.352 e. The van der Waals surface area contributed by atoms with Crippen molar-refractivity contribution < 1.29 is 9.59 Å². The zero-order chi connectivity index (χ0) is 17.5. The molecular formula is C21H24N2O2. The molecule has 2 aromatic carbocycles. The summed E-state index contributed by atoms with van der Waals surface area (Å²) in [6, 6.07) is 17.7. The third-order valence-corrected chi connectivity index (χ3v) is 4.63. The molecule has 1 aliphatic rings. The lowest BCUT2D eigenvalue weighted by molar-refractivity contribution is -0.121. The van der Waals surface area contributed by atoms with Crippen molar-refractivity contribution in [1.82, 2.24) is 10.6 Å². The monoisotopic (exact) mass is 336 g/mol. The van der Waals surface area contributed by atoms with E-state index in [0.29, 0.717) is 5.56 Å². The quantitative estimate of drug-likeness (QED) is 0.877. The number of benzene rings is 2. The Morgan fingerprint density at radius 1 is 0.840 bits per heavy atom. The number of carbonyl (C=O) groups excluding carboxylic acids is 2. The van der Waals surface area contributed by atoms with Crippen LogP contribution < -0.4 is 10.6 Å². The van der Waals surface area contributed by atoms with E-state index >= 15 is 0 Å². The molecular weight excluding hydrogens is 312 g/mol. The number of carbonyl (C=O) groups is 2. The summed E-state index contributed by atoms with van der Waals surface area (Å²) in [4.78, 5) is 24.2. The first-order chi connectivity index (χ1) is 12.2. The second-order valence-electron chi connectivity index (χ2n) is 6.53. The highest BCUT2D eigenvalue weighted by Crippen LogP contribution is 2.19. The Morgan fingerprint density at radius 3 is 2.16 bits per heavy atom. The molecule has 4 nitrogen and oxygen atoms in total. The van der Waals surface area contributed by atoms with Crippen molar-refractivity contribution in [2.75, 3.05) is 6.54 Å². The van der Waals surface area contributed by atoms with Gasteiger partial charge in [0.05, 0.1) is 6.54 Å². The van der Waals surface area contributed by atoms with Crippen LogP contribution in [-0.2, 0) is 4.79 Å². The van der Waals surface area contributed by atoms with Crippen LogP contribution in [0.5, 0.6) is 0 Å². The molecule has 25 heavy (non-hydrogen) atoms. The topological polar surface area (TPSA) is 58.2 Å². The second-order valence-corrected chi connectivity index (χ2v) is 6.53. The van der Waals surface area contributed by atoms with Crippen molar-refractivity contribution in [3.8, 4) is 11.1 Å². The molecule has 0 saturated heterocycles. The van der Waals surface area contributed by atoms with Crippen LogP contribution in [0.3, 0.4) is 0 Å². The summed E-state index contributed by atoms with van der Waals surface area (Å²) >= 11 is 0. The van der Waals surface area contributed by atoms with Gasteiger partial charge in [0.25, 0.3) is 5.91 Å². The maximum Gasteiger partial charge on any atom is 0.251 e. The Bertz CT molecular complexity index is 704. The molecule has 1 fully saturated rings.